The Morgan fingerprint density at radius 1 is 1.09 bits per heavy atom. The van der Waals surface area contributed by atoms with E-state index in [1.807, 2.05) is 4.90 Å². The van der Waals surface area contributed by atoms with E-state index >= 15 is 0 Å². The van der Waals surface area contributed by atoms with Crippen molar-refractivity contribution in [3.05, 3.63) is 29.8 Å². The van der Waals surface area contributed by atoms with Crippen molar-refractivity contribution in [3.63, 3.8) is 0 Å². The number of amides is 2. The summed E-state index contributed by atoms with van der Waals surface area (Å²) in [6, 6.07) is 6.40. The Kier molecular flexibility index (Phi) is 5.79. The van der Waals surface area contributed by atoms with Crippen LogP contribution in [0.5, 0.6) is 0 Å². The van der Waals surface area contributed by atoms with Gasteiger partial charge >= 0.3 is 6.03 Å². The topological polar surface area (TPSA) is 92.5 Å². The quantitative estimate of drug-likeness (QED) is 0.878. The molecule has 0 atom stereocenters. The molecule has 1 aromatic rings. The van der Waals surface area contributed by atoms with E-state index in [1.54, 1.807) is 12.1 Å². The average molecular weight is 325 g/mol. The van der Waals surface area contributed by atoms with Gasteiger partial charge in [0.15, 0.2) is 0 Å². The normalized spacial score (nSPS) is 16.1. The zero-order valence-electron chi connectivity index (χ0n) is 12.6. The number of sulfonamides is 1. The number of nitrogens with two attached hydrogens (primary N) is 1. The molecule has 1 fully saturated rings. The molecule has 0 bridgehead atoms. The Morgan fingerprint density at radius 3 is 2.23 bits per heavy atom. The summed E-state index contributed by atoms with van der Waals surface area (Å²) in [4.78, 5) is 14.0. The Bertz CT molecular complexity index is 591. The highest BCUT2D eigenvalue weighted by atomic mass is 32.2. The third-order valence-corrected chi connectivity index (χ3v) is 4.76. The van der Waals surface area contributed by atoms with Crippen molar-refractivity contribution in [3.8, 4) is 0 Å². The summed E-state index contributed by atoms with van der Waals surface area (Å²) in [5, 5.41) is 7.97. The molecule has 0 unspecified atom stereocenters. The predicted octanol–water partition coefficient (Wildman–Crippen LogP) is 1.46. The predicted molar refractivity (Wildman–Crippen MR) is 85.0 cm³/mol. The van der Waals surface area contributed by atoms with Crippen molar-refractivity contribution in [2.24, 2.45) is 5.14 Å². The molecule has 1 aliphatic rings. The van der Waals surface area contributed by atoms with Crippen molar-refractivity contribution in [2.75, 3.05) is 19.6 Å². The lowest BCUT2D eigenvalue weighted by Gasteiger charge is -2.20. The van der Waals surface area contributed by atoms with E-state index in [0.717, 1.165) is 31.5 Å². The number of nitrogens with one attached hydrogen (secondary N) is 1. The van der Waals surface area contributed by atoms with Crippen LogP contribution < -0.4 is 10.5 Å². The van der Waals surface area contributed by atoms with Crippen LogP contribution in [0, 0.1) is 0 Å². The molecule has 1 aliphatic heterocycles. The molecule has 1 aromatic carbocycles. The molecule has 0 aliphatic carbocycles. The summed E-state index contributed by atoms with van der Waals surface area (Å²) < 4.78 is 22.3. The lowest BCUT2D eigenvalue weighted by Crippen LogP contribution is -2.41. The summed E-state index contributed by atoms with van der Waals surface area (Å²) >= 11 is 0. The van der Waals surface area contributed by atoms with Gasteiger partial charge in [-0.05, 0) is 37.0 Å². The molecule has 0 radical (unpaired) electrons. The van der Waals surface area contributed by atoms with Crippen LogP contribution in [0.15, 0.2) is 29.2 Å². The van der Waals surface area contributed by atoms with Crippen LogP contribution in [-0.4, -0.2) is 39.0 Å². The first kappa shape index (κ1) is 16.8. The minimum absolute atomic E-state index is 0.0111. The molecule has 0 aromatic heterocycles. The highest BCUT2D eigenvalue weighted by Crippen LogP contribution is 2.10. The van der Waals surface area contributed by atoms with Crippen LogP contribution in [-0.2, 0) is 16.4 Å². The van der Waals surface area contributed by atoms with Gasteiger partial charge in [0.1, 0.15) is 0 Å². The maximum absolute atomic E-state index is 12.0. The first-order valence-electron chi connectivity index (χ1n) is 7.61. The van der Waals surface area contributed by atoms with E-state index in [2.05, 4.69) is 5.32 Å². The maximum atomic E-state index is 12.0. The monoisotopic (exact) mass is 325 g/mol. The molecule has 22 heavy (non-hydrogen) atoms. The number of urea groups is 1. The number of hydrogen-bond acceptors (Lipinski definition) is 3. The highest BCUT2D eigenvalue weighted by Gasteiger charge is 2.14. The SMILES string of the molecule is NS(=O)(=O)c1ccc(CCNC(=O)N2CCCCCC2)cc1. The van der Waals surface area contributed by atoms with Gasteiger partial charge in [0.05, 0.1) is 4.90 Å². The van der Waals surface area contributed by atoms with Crippen molar-refractivity contribution < 1.29 is 13.2 Å². The van der Waals surface area contributed by atoms with Gasteiger partial charge in [0.2, 0.25) is 10.0 Å². The Hall–Kier alpha value is -1.60. The molecule has 2 amide bonds. The van der Waals surface area contributed by atoms with E-state index in [4.69, 9.17) is 5.14 Å². The highest BCUT2D eigenvalue weighted by molar-refractivity contribution is 7.89. The second-order valence-electron chi connectivity index (χ2n) is 5.57. The van der Waals surface area contributed by atoms with E-state index < -0.39 is 10.0 Å². The first-order valence-corrected chi connectivity index (χ1v) is 9.16. The lowest BCUT2D eigenvalue weighted by atomic mass is 10.1. The number of benzene rings is 1. The molecule has 2 rings (SSSR count). The first-order chi connectivity index (χ1) is 10.5. The molecule has 0 spiro atoms. The zero-order valence-corrected chi connectivity index (χ0v) is 13.4. The van der Waals surface area contributed by atoms with Gasteiger partial charge in [-0.3, -0.25) is 0 Å². The fourth-order valence-corrected chi connectivity index (χ4v) is 3.06. The van der Waals surface area contributed by atoms with Crippen LogP contribution in [0.25, 0.3) is 0 Å². The van der Waals surface area contributed by atoms with Gasteiger partial charge in [-0.15, -0.1) is 0 Å². The molecule has 1 heterocycles. The summed E-state index contributed by atoms with van der Waals surface area (Å²) in [5.74, 6) is 0. The number of likely N-dealkylation sites (tertiary alicyclic amines) is 1. The molecular formula is C15H23N3O3S. The zero-order chi connectivity index (χ0) is 16.0. The molecule has 1 saturated heterocycles. The summed E-state index contributed by atoms with van der Waals surface area (Å²) in [5.41, 5.74) is 0.962. The Morgan fingerprint density at radius 2 is 1.68 bits per heavy atom. The van der Waals surface area contributed by atoms with Crippen LogP contribution >= 0.6 is 0 Å². The summed E-state index contributed by atoms with van der Waals surface area (Å²) in [6.07, 6.45) is 5.19. The molecule has 6 nitrogen and oxygen atoms in total. The van der Waals surface area contributed by atoms with Gasteiger partial charge < -0.3 is 10.2 Å². The molecule has 3 N–H and O–H groups in total. The second-order valence-corrected chi connectivity index (χ2v) is 7.13. The third kappa shape index (κ3) is 4.99. The number of hydrogen-bond donors (Lipinski definition) is 2. The number of carbonyl (C=O) groups excluding carboxylic acids is 1. The smallest absolute Gasteiger partial charge is 0.317 e. The molecule has 7 heteroatoms. The van der Waals surface area contributed by atoms with Gasteiger partial charge in [0, 0.05) is 19.6 Å². The average Bonchev–Trinajstić information content (AvgIpc) is 2.76. The van der Waals surface area contributed by atoms with E-state index in [9.17, 15) is 13.2 Å². The van der Waals surface area contributed by atoms with Crippen molar-refractivity contribution >= 4 is 16.1 Å². The molecule has 122 valence electrons. The Labute approximate surface area is 131 Å². The van der Waals surface area contributed by atoms with Crippen LogP contribution in [0.1, 0.15) is 31.2 Å². The third-order valence-electron chi connectivity index (χ3n) is 3.84. The summed E-state index contributed by atoms with van der Waals surface area (Å²) in [6.45, 7) is 2.19. The van der Waals surface area contributed by atoms with Crippen LogP contribution in [0.3, 0.4) is 0 Å². The van der Waals surface area contributed by atoms with Gasteiger partial charge in [0.25, 0.3) is 0 Å². The maximum Gasteiger partial charge on any atom is 0.317 e. The number of carbonyl (C=O) groups is 1. The standard InChI is InChI=1S/C15H23N3O3S/c16-22(20,21)14-7-5-13(6-8-14)9-10-17-15(19)18-11-3-1-2-4-12-18/h5-8H,1-4,9-12H2,(H,17,19)(H2,16,20,21). The van der Waals surface area contributed by atoms with E-state index in [1.165, 1.54) is 25.0 Å². The van der Waals surface area contributed by atoms with Gasteiger partial charge in [-0.2, -0.15) is 0 Å². The van der Waals surface area contributed by atoms with Crippen molar-refractivity contribution in [1.29, 1.82) is 0 Å². The largest absolute Gasteiger partial charge is 0.338 e. The lowest BCUT2D eigenvalue weighted by molar-refractivity contribution is 0.200. The van der Waals surface area contributed by atoms with E-state index in [-0.39, 0.29) is 10.9 Å². The minimum Gasteiger partial charge on any atom is -0.338 e. The summed E-state index contributed by atoms with van der Waals surface area (Å²) in [7, 11) is -3.65. The number of primary sulfonamides is 1. The minimum atomic E-state index is -3.65. The fraction of sp³-hybridized carbons (Fsp3) is 0.533. The van der Waals surface area contributed by atoms with Crippen LogP contribution in [0.4, 0.5) is 4.79 Å². The molecular weight excluding hydrogens is 302 g/mol. The number of rotatable bonds is 4. The second kappa shape index (κ2) is 7.60. The molecule has 0 saturated carbocycles. The van der Waals surface area contributed by atoms with Crippen molar-refractivity contribution in [2.45, 2.75) is 37.0 Å². The fourth-order valence-electron chi connectivity index (χ4n) is 2.55. The van der Waals surface area contributed by atoms with E-state index in [0.29, 0.717) is 13.0 Å². The van der Waals surface area contributed by atoms with Gasteiger partial charge in [-0.1, -0.05) is 25.0 Å². The van der Waals surface area contributed by atoms with Crippen LogP contribution in [0.2, 0.25) is 0 Å². The number of nitrogens with zero attached hydrogens (tertiary/aromatic N) is 1. The van der Waals surface area contributed by atoms with Gasteiger partial charge in [-0.25, -0.2) is 18.4 Å². The Balaban J connectivity index is 1.79. The van der Waals surface area contributed by atoms with Crippen molar-refractivity contribution in [1.82, 2.24) is 10.2 Å².